The van der Waals surface area contributed by atoms with Gasteiger partial charge in [0.1, 0.15) is 1.37 Å². The minimum atomic E-state index is -5.00. The Hall–Kier alpha value is -5.06. The number of nitrogens with one attached hydrogen (secondary N) is 2. The van der Waals surface area contributed by atoms with Crippen LogP contribution in [0.5, 0.6) is 0 Å². The number of rotatable bonds is 6. The van der Waals surface area contributed by atoms with Crippen LogP contribution in [0.1, 0.15) is 46.4 Å². The normalized spacial score (nSPS) is 16.7. The van der Waals surface area contributed by atoms with Gasteiger partial charge in [0.15, 0.2) is 0 Å². The summed E-state index contributed by atoms with van der Waals surface area (Å²) >= 11 is 0. The van der Waals surface area contributed by atoms with E-state index in [9.17, 15) is 18.0 Å². The Morgan fingerprint density at radius 1 is 1.10 bits per heavy atom. The first-order valence-electron chi connectivity index (χ1n) is 17.7. The summed E-state index contributed by atoms with van der Waals surface area (Å²) in [6, 6.07) is -3.57. The van der Waals surface area contributed by atoms with Crippen molar-refractivity contribution >= 4 is 23.2 Å². The molecule has 0 bridgehead atoms. The number of carbonyl (C=O) groups is 1. The molecule has 0 spiro atoms. The summed E-state index contributed by atoms with van der Waals surface area (Å²) in [7, 11) is 0. The Morgan fingerprint density at radius 2 is 1.97 bits per heavy atom. The Balaban J connectivity index is 1.67. The number of hydrogen-bond acceptors (Lipinski definition) is 6. The van der Waals surface area contributed by atoms with E-state index in [4.69, 9.17) is 19.2 Å². The Bertz CT molecular complexity index is 2350. The lowest BCUT2D eigenvalue weighted by atomic mass is 10.1. The van der Waals surface area contributed by atoms with Crippen molar-refractivity contribution in [2.45, 2.75) is 20.0 Å². The first kappa shape index (κ1) is 13.7. The molecule has 8 nitrogen and oxygen atoms in total. The highest BCUT2D eigenvalue weighted by Crippen LogP contribution is 2.33. The van der Waals surface area contributed by atoms with Crippen LogP contribution >= 0.6 is 0 Å². The minimum Gasteiger partial charge on any atom is -0.324 e. The molecule has 0 atom stereocenters. The Kier molecular flexibility index (Phi) is 3.63. The van der Waals surface area contributed by atoms with Crippen molar-refractivity contribution in [1.82, 2.24) is 24.5 Å². The molecule has 1 amide bonds. The van der Waals surface area contributed by atoms with Crippen molar-refractivity contribution in [3.05, 3.63) is 108 Å². The van der Waals surface area contributed by atoms with Crippen molar-refractivity contribution < 1.29 is 37.2 Å². The summed E-state index contributed by atoms with van der Waals surface area (Å²) < 4.78 is 157. The standard InChI is InChI=1S/C28H22F3N7O/c1-17-5-6-19(10-25(17)37-27-33-9-7-24(36-27)20-4-3-8-32-14-20)26(39)35-22-11-21(28(29,30)31)12-23(13-22)38-15-18(2)34-16-38/h3-16H,1-2H3,(H,35,39)(H,33,36,37)/i1D3,3D,4D,5D,6D,7D,8D,9D,10D,14D,15D,16D. The molecule has 5 aromatic rings. The number of nitrogens with zero attached hydrogens (tertiary/aromatic N) is 5. The summed E-state index contributed by atoms with van der Waals surface area (Å²) in [6.07, 6.45) is -8.41. The van der Waals surface area contributed by atoms with Gasteiger partial charge in [-0.05, 0) is 67.8 Å². The quantitative estimate of drug-likeness (QED) is 0.259. The van der Waals surface area contributed by atoms with E-state index in [1.807, 2.05) is 0 Å². The molecule has 3 heterocycles. The first-order chi connectivity index (χ1) is 24.4. The number of aryl methyl sites for hydroxylation is 1. The number of imidazole rings is 1. The third-order valence-electron chi connectivity index (χ3n) is 4.89. The van der Waals surface area contributed by atoms with Gasteiger partial charge in [-0.1, -0.05) is 6.04 Å². The number of aromatic nitrogens is 5. The smallest absolute Gasteiger partial charge is 0.324 e. The lowest BCUT2D eigenvalue weighted by Crippen LogP contribution is -2.14. The summed E-state index contributed by atoms with van der Waals surface area (Å²) in [5.74, 6) is -2.22. The van der Waals surface area contributed by atoms with Crippen LogP contribution in [-0.4, -0.2) is 30.4 Å². The molecule has 0 aliphatic rings. The van der Waals surface area contributed by atoms with Gasteiger partial charge in [0.05, 0.1) is 37.0 Å². The van der Waals surface area contributed by atoms with Crippen LogP contribution in [0.2, 0.25) is 0 Å². The van der Waals surface area contributed by atoms with E-state index in [1.165, 1.54) is 6.92 Å². The van der Waals surface area contributed by atoms with Gasteiger partial charge in [-0.15, -0.1) is 0 Å². The number of alkyl halides is 3. The molecule has 196 valence electrons. The number of hydrogen-bond donors (Lipinski definition) is 2. The van der Waals surface area contributed by atoms with Crippen molar-refractivity contribution in [3.8, 4) is 16.9 Å². The van der Waals surface area contributed by atoms with Gasteiger partial charge >= 0.3 is 6.18 Å². The van der Waals surface area contributed by atoms with Gasteiger partial charge < -0.3 is 15.2 Å². The van der Waals surface area contributed by atoms with Crippen LogP contribution in [0, 0.1) is 13.8 Å². The van der Waals surface area contributed by atoms with Crippen LogP contribution in [0.3, 0.4) is 0 Å². The van der Waals surface area contributed by atoms with E-state index in [1.54, 1.807) is 0 Å². The lowest BCUT2D eigenvalue weighted by Gasteiger charge is -2.14. The molecule has 0 aliphatic carbocycles. The number of benzene rings is 2. The molecule has 2 N–H and O–H groups in total. The monoisotopic (exact) mass is 543 g/mol. The number of anilines is 3. The fourth-order valence-corrected chi connectivity index (χ4v) is 3.16. The highest BCUT2D eigenvalue weighted by molar-refractivity contribution is 6.05. The number of carbonyl (C=O) groups excluding carboxylic acids is 1. The van der Waals surface area contributed by atoms with E-state index in [0.717, 1.165) is 10.6 Å². The largest absolute Gasteiger partial charge is 0.416 e. The summed E-state index contributed by atoms with van der Waals surface area (Å²) in [5.41, 5.74) is -6.41. The minimum absolute atomic E-state index is 0.0166. The van der Waals surface area contributed by atoms with Crippen LogP contribution in [0.25, 0.3) is 16.9 Å². The SMILES string of the molecule is [2H]c1nc(Nc2c([2H])c(C(=O)Nc3cc(-n4c([2H])nc(C)c4[2H])cc(C(F)(F)F)c3)c([2H])c([2H])c2C([2H])([2H])[2H])nc(-c2c([2H])nc([2H])c([2H])c2[2H])c1[2H]. The van der Waals surface area contributed by atoms with Gasteiger partial charge in [0.25, 0.3) is 5.91 Å². The van der Waals surface area contributed by atoms with Gasteiger partial charge in [-0.2, -0.15) is 13.2 Å². The summed E-state index contributed by atoms with van der Waals surface area (Å²) in [4.78, 5) is 28.6. The maximum Gasteiger partial charge on any atom is 0.416 e. The van der Waals surface area contributed by atoms with Crippen LogP contribution in [0.15, 0.2) is 85.4 Å². The molecule has 2 aromatic carbocycles. The Morgan fingerprint density at radius 3 is 2.74 bits per heavy atom. The number of amides is 1. The highest BCUT2D eigenvalue weighted by Gasteiger charge is 2.31. The van der Waals surface area contributed by atoms with E-state index in [-0.39, 0.29) is 5.69 Å². The molecule has 3 aromatic heterocycles. The third-order valence-corrected chi connectivity index (χ3v) is 4.89. The van der Waals surface area contributed by atoms with Gasteiger partial charge in [-0.25, -0.2) is 15.0 Å². The Labute approximate surface area is 241 Å². The molecule has 11 heteroatoms. The molecule has 0 radical (unpaired) electrons. The summed E-state index contributed by atoms with van der Waals surface area (Å²) in [6.45, 7) is -1.91. The maximum atomic E-state index is 13.9. The van der Waals surface area contributed by atoms with Gasteiger partial charge in [0, 0.05) is 57.0 Å². The second-order valence-corrected chi connectivity index (χ2v) is 7.68. The fraction of sp³-hybridized carbons (Fsp3) is 0.107. The first-order valence-corrected chi connectivity index (χ1v) is 10.7. The molecule has 0 saturated heterocycles. The molecular weight excluding hydrogens is 507 g/mol. The van der Waals surface area contributed by atoms with E-state index in [2.05, 4.69) is 30.6 Å². The van der Waals surface area contributed by atoms with Crippen molar-refractivity contribution in [3.63, 3.8) is 0 Å². The number of halogens is 3. The van der Waals surface area contributed by atoms with Gasteiger partial charge in [0.2, 0.25) is 5.95 Å². The zero-order valence-electron chi connectivity index (χ0n) is 33.5. The van der Waals surface area contributed by atoms with Crippen molar-refractivity contribution in [2.24, 2.45) is 0 Å². The molecule has 0 aliphatic heterocycles. The van der Waals surface area contributed by atoms with E-state index < -0.39 is 137 Å². The average molecular weight is 544 g/mol. The maximum absolute atomic E-state index is 13.9. The van der Waals surface area contributed by atoms with Crippen molar-refractivity contribution in [1.29, 1.82) is 0 Å². The fourth-order valence-electron chi connectivity index (χ4n) is 3.16. The molecule has 0 unspecified atom stereocenters. The zero-order valence-corrected chi connectivity index (χ0v) is 19.5. The molecule has 0 saturated carbocycles. The topological polar surface area (TPSA) is 97.6 Å². The van der Waals surface area contributed by atoms with E-state index in [0.29, 0.717) is 12.1 Å². The van der Waals surface area contributed by atoms with Crippen molar-refractivity contribution in [2.75, 3.05) is 10.6 Å². The predicted molar refractivity (Wildman–Crippen MR) is 141 cm³/mol. The average Bonchev–Trinajstić information content (AvgIpc) is 3.29. The van der Waals surface area contributed by atoms with Crippen LogP contribution in [0.4, 0.5) is 30.5 Å². The molecule has 5 rings (SSSR count). The third kappa shape index (κ3) is 5.93. The van der Waals surface area contributed by atoms with Crippen LogP contribution in [-0.2, 0) is 6.18 Å². The van der Waals surface area contributed by atoms with Gasteiger partial charge in [-0.3, -0.25) is 9.78 Å². The van der Waals surface area contributed by atoms with E-state index >= 15 is 0 Å². The highest BCUT2D eigenvalue weighted by atomic mass is 19.4. The zero-order chi connectivity index (χ0) is 39.6. The predicted octanol–water partition coefficient (Wildman–Crippen LogP) is 6.36. The second-order valence-electron chi connectivity index (χ2n) is 7.68. The second kappa shape index (κ2) is 10.4. The van der Waals surface area contributed by atoms with Crippen LogP contribution < -0.4 is 10.6 Å². The summed E-state index contributed by atoms with van der Waals surface area (Å²) in [5, 5.41) is 4.41. The lowest BCUT2D eigenvalue weighted by molar-refractivity contribution is -0.137. The molecular formula is C28H22F3N7O. The molecule has 39 heavy (non-hydrogen) atoms. The molecule has 0 fully saturated rings. The number of pyridine rings is 1.